The predicted molar refractivity (Wildman–Crippen MR) is 83.7 cm³/mol. The fourth-order valence-electron chi connectivity index (χ4n) is 2.63. The normalized spacial score (nSPS) is 23.8. The lowest BCUT2D eigenvalue weighted by molar-refractivity contribution is -0.164. The summed E-state index contributed by atoms with van der Waals surface area (Å²) in [6, 6.07) is 17.4. The van der Waals surface area contributed by atoms with Crippen LogP contribution in [0.3, 0.4) is 0 Å². The number of alkyl halides is 2. The van der Waals surface area contributed by atoms with E-state index in [0.717, 1.165) is 5.56 Å². The lowest BCUT2D eigenvalue weighted by Gasteiger charge is -2.48. The summed E-state index contributed by atoms with van der Waals surface area (Å²) in [6.07, 6.45) is 0. The Labute approximate surface area is 136 Å². The van der Waals surface area contributed by atoms with Crippen LogP contribution in [0.4, 0.5) is 4.39 Å². The third-order valence-corrected chi connectivity index (χ3v) is 4.53. The molecule has 0 radical (unpaired) electrons. The van der Waals surface area contributed by atoms with Crippen molar-refractivity contribution in [1.82, 2.24) is 4.90 Å². The van der Waals surface area contributed by atoms with E-state index in [2.05, 4.69) is 15.9 Å². The average molecular weight is 359 g/mol. The predicted octanol–water partition coefficient (Wildman–Crippen LogP) is 3.70. The van der Waals surface area contributed by atoms with Gasteiger partial charge in [-0.2, -0.15) is 5.26 Å². The highest BCUT2D eigenvalue weighted by Crippen LogP contribution is 2.50. The van der Waals surface area contributed by atoms with Gasteiger partial charge in [-0.1, -0.05) is 42.5 Å². The van der Waals surface area contributed by atoms with Crippen molar-refractivity contribution in [2.45, 2.75) is 17.2 Å². The Morgan fingerprint density at radius 2 is 1.82 bits per heavy atom. The third kappa shape index (κ3) is 2.40. The van der Waals surface area contributed by atoms with Crippen molar-refractivity contribution < 1.29 is 9.18 Å². The van der Waals surface area contributed by atoms with Gasteiger partial charge in [0.1, 0.15) is 6.04 Å². The molecule has 1 saturated heterocycles. The van der Waals surface area contributed by atoms with Gasteiger partial charge in [-0.15, -0.1) is 0 Å². The van der Waals surface area contributed by atoms with Crippen molar-refractivity contribution in [2.24, 2.45) is 0 Å². The van der Waals surface area contributed by atoms with Gasteiger partial charge in [0.2, 0.25) is 0 Å². The molecule has 3 nitrogen and oxygen atoms in total. The van der Waals surface area contributed by atoms with Gasteiger partial charge in [0.15, 0.2) is 0 Å². The standard InChI is InChI=1S/C17H12BrFN2O/c18-17(19)15(14-8-6-12(10-20)7-9-14)21(16(17)22)11-13-4-2-1-3-5-13/h1-9,15H,11H2/t15-,17-/m1/s1. The van der Waals surface area contributed by atoms with Gasteiger partial charge in [-0.3, -0.25) is 4.79 Å². The van der Waals surface area contributed by atoms with Crippen LogP contribution in [-0.2, 0) is 11.3 Å². The molecule has 0 aliphatic carbocycles. The lowest BCUT2D eigenvalue weighted by atomic mass is 9.90. The summed E-state index contributed by atoms with van der Waals surface area (Å²) in [5, 5.41) is 8.83. The maximum atomic E-state index is 14.5. The summed E-state index contributed by atoms with van der Waals surface area (Å²) < 4.78 is 12.5. The maximum absolute atomic E-state index is 14.5. The van der Waals surface area contributed by atoms with E-state index in [0.29, 0.717) is 17.7 Å². The molecule has 2 aromatic rings. The molecule has 1 aliphatic heterocycles. The molecule has 1 heterocycles. The number of rotatable bonds is 3. The van der Waals surface area contributed by atoms with Crippen molar-refractivity contribution in [3.8, 4) is 6.07 Å². The topological polar surface area (TPSA) is 44.1 Å². The van der Waals surface area contributed by atoms with E-state index in [1.54, 1.807) is 24.3 Å². The molecular weight excluding hydrogens is 347 g/mol. The maximum Gasteiger partial charge on any atom is 0.274 e. The number of hydrogen-bond donors (Lipinski definition) is 0. The van der Waals surface area contributed by atoms with Crippen LogP contribution in [0, 0.1) is 11.3 Å². The minimum Gasteiger partial charge on any atom is -0.323 e. The molecule has 22 heavy (non-hydrogen) atoms. The van der Waals surface area contributed by atoms with E-state index in [1.165, 1.54) is 4.90 Å². The van der Waals surface area contributed by atoms with Crippen LogP contribution in [0.15, 0.2) is 54.6 Å². The molecule has 3 rings (SSSR count). The number of β-lactam (4-membered cyclic amide) rings is 1. The monoisotopic (exact) mass is 358 g/mol. The fourth-order valence-corrected chi connectivity index (χ4v) is 3.37. The first-order valence-corrected chi connectivity index (χ1v) is 7.56. The molecule has 1 fully saturated rings. The van der Waals surface area contributed by atoms with Crippen LogP contribution >= 0.6 is 15.9 Å². The first-order chi connectivity index (χ1) is 10.5. The number of carbonyl (C=O) groups is 1. The van der Waals surface area contributed by atoms with Gasteiger partial charge in [0.25, 0.3) is 10.5 Å². The van der Waals surface area contributed by atoms with Crippen molar-refractivity contribution in [2.75, 3.05) is 0 Å². The third-order valence-electron chi connectivity index (χ3n) is 3.75. The summed E-state index contributed by atoms with van der Waals surface area (Å²) in [6.45, 7) is 0.349. The quantitative estimate of drug-likeness (QED) is 0.620. The van der Waals surface area contributed by atoms with Gasteiger partial charge in [-0.05, 0) is 39.2 Å². The van der Waals surface area contributed by atoms with Crippen molar-refractivity contribution in [3.05, 3.63) is 71.3 Å². The minimum absolute atomic E-state index is 0.349. The largest absolute Gasteiger partial charge is 0.323 e. The van der Waals surface area contributed by atoms with Crippen molar-refractivity contribution in [3.63, 3.8) is 0 Å². The molecule has 110 valence electrons. The smallest absolute Gasteiger partial charge is 0.274 e. The number of carbonyl (C=O) groups excluding carboxylic acids is 1. The molecule has 1 amide bonds. The molecule has 0 N–H and O–H groups in total. The molecule has 0 aromatic heterocycles. The number of nitriles is 1. The Hall–Kier alpha value is -2.19. The zero-order chi connectivity index (χ0) is 15.7. The first-order valence-electron chi connectivity index (χ1n) is 6.77. The van der Waals surface area contributed by atoms with E-state index in [9.17, 15) is 9.18 Å². The fraction of sp³-hybridized carbons (Fsp3) is 0.176. The number of halogens is 2. The van der Waals surface area contributed by atoms with Gasteiger partial charge < -0.3 is 4.90 Å². The molecular formula is C17H12BrFN2O. The van der Waals surface area contributed by atoms with Crippen LogP contribution in [-0.4, -0.2) is 15.4 Å². The van der Waals surface area contributed by atoms with E-state index in [-0.39, 0.29) is 0 Å². The van der Waals surface area contributed by atoms with Crippen LogP contribution in [0.25, 0.3) is 0 Å². The average Bonchev–Trinajstić information content (AvgIpc) is 2.55. The molecule has 5 heteroatoms. The van der Waals surface area contributed by atoms with Crippen molar-refractivity contribution >= 4 is 21.8 Å². The summed E-state index contributed by atoms with van der Waals surface area (Å²) >= 11 is 2.90. The molecule has 0 saturated carbocycles. The highest BCUT2D eigenvalue weighted by Gasteiger charge is 2.61. The summed E-state index contributed by atoms with van der Waals surface area (Å²) in [5.41, 5.74) is 2.11. The molecule has 1 aliphatic rings. The lowest BCUT2D eigenvalue weighted by Crippen LogP contribution is -2.62. The molecule has 2 atom stereocenters. The second-order valence-electron chi connectivity index (χ2n) is 5.18. The Morgan fingerprint density at radius 1 is 1.18 bits per heavy atom. The zero-order valence-corrected chi connectivity index (χ0v) is 13.1. The van der Waals surface area contributed by atoms with Crippen LogP contribution in [0.2, 0.25) is 0 Å². The van der Waals surface area contributed by atoms with E-state index >= 15 is 0 Å². The minimum atomic E-state index is -2.09. The second kappa shape index (κ2) is 5.54. The van der Waals surface area contributed by atoms with E-state index < -0.39 is 16.5 Å². The van der Waals surface area contributed by atoms with Crippen LogP contribution < -0.4 is 0 Å². The summed E-state index contributed by atoms with van der Waals surface area (Å²) in [5.74, 6) is -0.578. The molecule has 0 bridgehead atoms. The number of benzene rings is 2. The SMILES string of the molecule is N#Cc1ccc([C@H]2N(Cc3ccccc3)C(=O)[C@@]2(F)Br)cc1. The number of likely N-dealkylation sites (tertiary alicyclic amines) is 1. The van der Waals surface area contributed by atoms with E-state index in [4.69, 9.17) is 5.26 Å². The number of amides is 1. The van der Waals surface area contributed by atoms with Crippen LogP contribution in [0.1, 0.15) is 22.7 Å². The first kappa shape index (κ1) is 14.7. The van der Waals surface area contributed by atoms with Gasteiger partial charge in [-0.25, -0.2) is 4.39 Å². The van der Waals surface area contributed by atoms with Gasteiger partial charge >= 0.3 is 0 Å². The highest BCUT2D eigenvalue weighted by molar-refractivity contribution is 9.10. The summed E-state index contributed by atoms with van der Waals surface area (Å²) in [4.78, 5) is 13.5. The molecule has 0 spiro atoms. The van der Waals surface area contributed by atoms with E-state index in [1.807, 2.05) is 36.4 Å². The summed E-state index contributed by atoms with van der Waals surface area (Å²) in [7, 11) is 0. The van der Waals surface area contributed by atoms with Crippen LogP contribution in [0.5, 0.6) is 0 Å². The second-order valence-corrected chi connectivity index (χ2v) is 6.33. The van der Waals surface area contributed by atoms with Crippen molar-refractivity contribution in [1.29, 1.82) is 5.26 Å². The number of hydrogen-bond acceptors (Lipinski definition) is 2. The Morgan fingerprint density at radius 3 is 2.41 bits per heavy atom. The molecule has 0 unspecified atom stereocenters. The Balaban J connectivity index is 1.89. The Kier molecular flexibility index (Phi) is 3.71. The van der Waals surface area contributed by atoms with Gasteiger partial charge in [0, 0.05) is 6.54 Å². The highest BCUT2D eigenvalue weighted by atomic mass is 79.9. The molecule has 2 aromatic carbocycles. The number of nitrogens with zero attached hydrogens (tertiary/aromatic N) is 2. The zero-order valence-electron chi connectivity index (χ0n) is 11.5. The Bertz CT molecular complexity index is 738. The van der Waals surface area contributed by atoms with Gasteiger partial charge in [0.05, 0.1) is 11.6 Å².